The summed E-state index contributed by atoms with van der Waals surface area (Å²) in [6, 6.07) is 15.8. The van der Waals surface area contributed by atoms with Gasteiger partial charge in [-0.05, 0) is 60.2 Å². The maximum atomic E-state index is 13.4. The lowest BCUT2D eigenvalue weighted by molar-refractivity contribution is 0.595. The smallest absolute Gasteiger partial charge is 0.261 e. The summed E-state index contributed by atoms with van der Waals surface area (Å²) in [5.74, 6) is -0.606. The van der Waals surface area contributed by atoms with Crippen molar-refractivity contribution >= 4 is 27.5 Å². The summed E-state index contributed by atoms with van der Waals surface area (Å²) in [4.78, 5) is 8.61. The van der Waals surface area contributed by atoms with Crippen LogP contribution in [-0.4, -0.2) is 19.1 Å². The molecule has 0 aliphatic carbocycles. The van der Waals surface area contributed by atoms with Crippen LogP contribution in [0, 0.1) is 5.82 Å². The minimum atomic E-state index is -3.88. The van der Waals surface area contributed by atoms with Crippen LogP contribution in [0.5, 0.6) is 0 Å². The van der Waals surface area contributed by atoms with Gasteiger partial charge in [-0.15, -0.1) is 0 Å². The number of hydrogen-bond acceptors (Lipinski definition) is 4. The zero-order valence-electron chi connectivity index (χ0n) is 14.7. The molecule has 0 atom stereocenters. The summed E-state index contributed by atoms with van der Waals surface area (Å²) in [7, 11) is -3.88. The van der Waals surface area contributed by atoms with Crippen LogP contribution in [0.2, 0.25) is 0 Å². The SMILES string of the molecule is O=S(=O)(Nc1ccc2c(c1)C(/C=C/c1ccccn1)=NC2)c1cccc(F)c1. The van der Waals surface area contributed by atoms with E-state index in [1.54, 1.807) is 18.3 Å². The van der Waals surface area contributed by atoms with Crippen molar-refractivity contribution in [1.29, 1.82) is 0 Å². The normalized spacial score (nSPS) is 13.4. The van der Waals surface area contributed by atoms with Crippen molar-refractivity contribution in [3.05, 3.63) is 95.6 Å². The van der Waals surface area contributed by atoms with Crippen molar-refractivity contribution in [2.45, 2.75) is 11.4 Å². The Morgan fingerprint density at radius 2 is 1.89 bits per heavy atom. The molecular weight excluding hydrogens is 377 g/mol. The van der Waals surface area contributed by atoms with Crippen LogP contribution >= 0.6 is 0 Å². The predicted molar refractivity (Wildman–Crippen MR) is 107 cm³/mol. The second kappa shape index (κ2) is 7.36. The average molecular weight is 393 g/mol. The zero-order chi connectivity index (χ0) is 19.6. The van der Waals surface area contributed by atoms with Crippen molar-refractivity contribution in [2.75, 3.05) is 4.72 Å². The Hall–Kier alpha value is -3.32. The van der Waals surface area contributed by atoms with Crippen molar-refractivity contribution < 1.29 is 12.8 Å². The first-order valence-corrected chi connectivity index (χ1v) is 10.0. The third kappa shape index (κ3) is 3.84. The van der Waals surface area contributed by atoms with Gasteiger partial charge in [-0.2, -0.15) is 0 Å². The molecule has 0 saturated heterocycles. The fourth-order valence-corrected chi connectivity index (χ4v) is 3.98. The summed E-state index contributed by atoms with van der Waals surface area (Å²) < 4.78 is 40.9. The molecule has 0 amide bonds. The van der Waals surface area contributed by atoms with E-state index in [0.29, 0.717) is 12.2 Å². The summed E-state index contributed by atoms with van der Waals surface area (Å²) in [6.45, 7) is 0.536. The highest BCUT2D eigenvalue weighted by Gasteiger charge is 2.18. The molecule has 1 aromatic heterocycles. The Bertz CT molecular complexity index is 1190. The Morgan fingerprint density at radius 3 is 2.68 bits per heavy atom. The summed E-state index contributed by atoms with van der Waals surface area (Å²) in [6.07, 6.45) is 5.43. The number of fused-ring (bicyclic) bond motifs is 1. The summed E-state index contributed by atoms with van der Waals surface area (Å²) >= 11 is 0. The highest BCUT2D eigenvalue weighted by Crippen LogP contribution is 2.25. The predicted octanol–water partition coefficient (Wildman–Crippen LogP) is 4.04. The van der Waals surface area contributed by atoms with Crippen LogP contribution < -0.4 is 4.72 Å². The van der Waals surface area contributed by atoms with Gasteiger partial charge >= 0.3 is 0 Å². The fourth-order valence-electron chi connectivity index (χ4n) is 2.90. The Balaban J connectivity index is 1.59. The van der Waals surface area contributed by atoms with Gasteiger partial charge in [0.2, 0.25) is 0 Å². The van der Waals surface area contributed by atoms with Gasteiger partial charge in [-0.3, -0.25) is 14.7 Å². The molecule has 4 rings (SSSR count). The lowest BCUT2D eigenvalue weighted by Gasteiger charge is -2.10. The number of nitrogens with one attached hydrogen (secondary N) is 1. The highest BCUT2D eigenvalue weighted by atomic mass is 32.2. The molecule has 5 nitrogen and oxygen atoms in total. The molecule has 0 bridgehead atoms. The molecule has 28 heavy (non-hydrogen) atoms. The number of anilines is 1. The van der Waals surface area contributed by atoms with Crippen LogP contribution in [0.1, 0.15) is 16.8 Å². The number of allylic oxidation sites excluding steroid dienone is 1. The Kier molecular flexibility index (Phi) is 4.75. The lowest BCUT2D eigenvalue weighted by Crippen LogP contribution is -2.13. The van der Waals surface area contributed by atoms with Gasteiger partial charge in [-0.1, -0.05) is 18.2 Å². The van der Waals surface area contributed by atoms with Crippen LogP contribution in [0.3, 0.4) is 0 Å². The molecule has 2 aromatic carbocycles. The monoisotopic (exact) mass is 393 g/mol. The van der Waals surface area contributed by atoms with Gasteiger partial charge in [0, 0.05) is 17.4 Å². The van der Waals surface area contributed by atoms with E-state index in [-0.39, 0.29) is 4.90 Å². The average Bonchev–Trinajstić information content (AvgIpc) is 3.09. The summed E-state index contributed by atoms with van der Waals surface area (Å²) in [5.41, 5.74) is 3.82. The van der Waals surface area contributed by atoms with E-state index in [4.69, 9.17) is 0 Å². The zero-order valence-corrected chi connectivity index (χ0v) is 15.5. The van der Waals surface area contributed by atoms with Crippen LogP contribution in [0.25, 0.3) is 6.08 Å². The van der Waals surface area contributed by atoms with Crippen molar-refractivity contribution in [2.24, 2.45) is 4.99 Å². The Labute approximate surface area is 162 Å². The molecule has 0 unspecified atom stereocenters. The van der Waals surface area contributed by atoms with E-state index in [0.717, 1.165) is 28.6 Å². The van der Waals surface area contributed by atoms with E-state index >= 15 is 0 Å². The number of aliphatic imine (C=N–C) groups is 1. The standard InChI is InChI=1S/C21H16FN3O2S/c22-16-4-3-6-19(12-16)28(26,27)25-18-8-7-15-14-24-21(20(15)13-18)10-9-17-5-1-2-11-23-17/h1-13,25H,14H2/b10-9+. The number of pyridine rings is 1. The number of rotatable bonds is 5. The quantitative estimate of drug-likeness (QED) is 0.711. The molecule has 0 fully saturated rings. The van der Waals surface area contributed by atoms with Gasteiger partial charge in [0.05, 0.1) is 22.8 Å². The third-order valence-corrected chi connectivity index (χ3v) is 5.64. The van der Waals surface area contributed by atoms with E-state index < -0.39 is 15.8 Å². The number of nitrogens with zero attached hydrogens (tertiary/aromatic N) is 2. The van der Waals surface area contributed by atoms with Gasteiger partial charge in [0.25, 0.3) is 10.0 Å². The van der Waals surface area contributed by atoms with Crippen molar-refractivity contribution in [3.8, 4) is 0 Å². The van der Waals surface area contributed by atoms with E-state index in [1.807, 2.05) is 36.4 Å². The molecule has 1 N–H and O–H groups in total. The molecule has 2 heterocycles. The molecule has 7 heteroatoms. The van der Waals surface area contributed by atoms with Gasteiger partial charge < -0.3 is 0 Å². The van der Waals surface area contributed by atoms with Gasteiger partial charge in [0.1, 0.15) is 5.82 Å². The molecule has 3 aromatic rings. The molecule has 0 spiro atoms. The number of hydrogen-bond donors (Lipinski definition) is 1. The van der Waals surface area contributed by atoms with Gasteiger partial charge in [-0.25, -0.2) is 12.8 Å². The van der Waals surface area contributed by atoms with Crippen LogP contribution in [0.4, 0.5) is 10.1 Å². The van der Waals surface area contributed by atoms with E-state index in [2.05, 4.69) is 14.7 Å². The minimum Gasteiger partial charge on any atom is -0.280 e. The van der Waals surface area contributed by atoms with Crippen molar-refractivity contribution in [1.82, 2.24) is 4.98 Å². The largest absolute Gasteiger partial charge is 0.280 e. The number of aromatic nitrogens is 1. The first kappa shape index (κ1) is 18.1. The van der Waals surface area contributed by atoms with E-state index in [1.165, 1.54) is 18.2 Å². The first-order chi connectivity index (χ1) is 13.5. The second-order valence-electron chi connectivity index (χ2n) is 6.22. The number of sulfonamides is 1. The number of halogens is 1. The maximum Gasteiger partial charge on any atom is 0.261 e. The maximum absolute atomic E-state index is 13.4. The fraction of sp³-hybridized carbons (Fsp3) is 0.0476. The van der Waals surface area contributed by atoms with Crippen LogP contribution in [0.15, 0.2) is 82.8 Å². The molecular formula is C21H16FN3O2S. The molecule has 1 aliphatic rings. The minimum absolute atomic E-state index is 0.128. The van der Waals surface area contributed by atoms with E-state index in [9.17, 15) is 12.8 Å². The number of benzene rings is 2. The van der Waals surface area contributed by atoms with Crippen molar-refractivity contribution in [3.63, 3.8) is 0 Å². The van der Waals surface area contributed by atoms with Crippen LogP contribution in [-0.2, 0) is 16.6 Å². The lowest BCUT2D eigenvalue weighted by atomic mass is 10.0. The first-order valence-electron chi connectivity index (χ1n) is 8.56. The molecule has 140 valence electrons. The third-order valence-electron chi connectivity index (χ3n) is 4.26. The summed E-state index contributed by atoms with van der Waals surface area (Å²) in [5, 5.41) is 0. The Morgan fingerprint density at radius 1 is 1.00 bits per heavy atom. The van der Waals surface area contributed by atoms with Gasteiger partial charge in [0.15, 0.2) is 0 Å². The second-order valence-corrected chi connectivity index (χ2v) is 7.91. The topological polar surface area (TPSA) is 71.4 Å². The highest BCUT2D eigenvalue weighted by molar-refractivity contribution is 7.92. The molecule has 0 saturated carbocycles. The molecule has 0 radical (unpaired) electrons. The molecule has 1 aliphatic heterocycles.